The molecule has 0 spiro atoms. The van der Waals surface area contributed by atoms with Crippen LogP contribution in [0.3, 0.4) is 0 Å². The van der Waals surface area contributed by atoms with Gasteiger partial charge in [0.2, 0.25) is 0 Å². The van der Waals surface area contributed by atoms with E-state index in [0.29, 0.717) is 17.5 Å². The number of aromatic nitrogens is 6. The van der Waals surface area contributed by atoms with Gasteiger partial charge in [-0.1, -0.05) is 172 Å². The zero-order valence-electron chi connectivity index (χ0n) is 44.0. The predicted molar refractivity (Wildman–Crippen MR) is 326 cm³/mol. The first-order valence-corrected chi connectivity index (χ1v) is 26.8. The Bertz CT molecular complexity index is 4340. The Hall–Kier alpha value is -10.6. The Labute approximate surface area is 464 Å². The predicted octanol–water partition coefficient (Wildman–Crippen LogP) is 18.1. The summed E-state index contributed by atoms with van der Waals surface area (Å²) in [4.78, 5) is 36.1. The van der Waals surface area contributed by atoms with Crippen LogP contribution >= 0.6 is 0 Å². The number of anilines is 9. The third kappa shape index (κ3) is 8.45. The lowest BCUT2D eigenvalue weighted by Gasteiger charge is -2.33. The second kappa shape index (κ2) is 20.1. The lowest BCUT2D eigenvalue weighted by atomic mass is 9.81. The molecule has 3 aromatic heterocycles. The molecule has 0 fully saturated rings. The first-order valence-electron chi connectivity index (χ1n) is 26.8. The SMILES string of the molecule is CC1(C)c2ccccc2-c2cc3c(N(c4ccc(-c5ccccc5)cc4)c4cnccn4)c4cc(N(c5ccc(-c6ccccc6)cc5)c5cnccn5)ccc4c(N(c4ccc(-c5ccccc5)cc4)c4cnccn4)c3cc21. The normalized spacial score (nSPS) is 12.2. The summed E-state index contributed by atoms with van der Waals surface area (Å²) >= 11 is 0. The van der Waals surface area contributed by atoms with Crippen LogP contribution in [0.15, 0.2) is 274 Å². The van der Waals surface area contributed by atoms with Crippen LogP contribution in [0.2, 0.25) is 0 Å². The molecular weight excluding hydrogens is 979 g/mol. The van der Waals surface area contributed by atoms with E-state index < -0.39 is 0 Å². The third-order valence-corrected chi connectivity index (χ3v) is 15.5. The molecule has 0 amide bonds. The smallest absolute Gasteiger partial charge is 0.156 e. The highest BCUT2D eigenvalue weighted by molar-refractivity contribution is 6.25. The van der Waals surface area contributed by atoms with Crippen molar-refractivity contribution in [2.45, 2.75) is 19.3 Å². The molecule has 0 unspecified atom stereocenters. The van der Waals surface area contributed by atoms with E-state index in [4.69, 9.17) is 24.9 Å². The van der Waals surface area contributed by atoms with Gasteiger partial charge in [0.1, 0.15) is 0 Å². The molecular formula is C71H51N9. The summed E-state index contributed by atoms with van der Waals surface area (Å²) in [7, 11) is 0. The van der Waals surface area contributed by atoms with Gasteiger partial charge in [0.15, 0.2) is 17.5 Å². The summed E-state index contributed by atoms with van der Waals surface area (Å²) < 4.78 is 0. The number of hydrogen-bond acceptors (Lipinski definition) is 9. The van der Waals surface area contributed by atoms with Gasteiger partial charge in [0.25, 0.3) is 0 Å². The van der Waals surface area contributed by atoms with Crippen molar-refractivity contribution >= 4 is 73.1 Å². The molecule has 9 nitrogen and oxygen atoms in total. The van der Waals surface area contributed by atoms with Gasteiger partial charge < -0.3 is 0 Å². The van der Waals surface area contributed by atoms with E-state index in [-0.39, 0.29) is 5.41 Å². The van der Waals surface area contributed by atoms with Crippen LogP contribution in [0.5, 0.6) is 0 Å². The molecule has 80 heavy (non-hydrogen) atoms. The fourth-order valence-electron chi connectivity index (χ4n) is 11.7. The number of nitrogens with zero attached hydrogens (tertiary/aromatic N) is 9. The first-order chi connectivity index (χ1) is 39.5. The molecule has 0 radical (unpaired) electrons. The van der Waals surface area contributed by atoms with Crippen LogP contribution in [-0.2, 0) is 5.41 Å². The van der Waals surface area contributed by atoms with Crippen LogP contribution in [0.4, 0.5) is 51.6 Å². The number of hydrogen-bond donors (Lipinski definition) is 0. The number of rotatable bonds is 12. The summed E-state index contributed by atoms with van der Waals surface area (Å²) in [6, 6.07) is 78.1. The van der Waals surface area contributed by atoms with E-state index in [1.54, 1.807) is 37.2 Å². The maximum Gasteiger partial charge on any atom is 0.156 e. The summed E-state index contributed by atoms with van der Waals surface area (Å²) in [6.45, 7) is 4.68. The summed E-state index contributed by atoms with van der Waals surface area (Å²) in [5.41, 5.74) is 16.8. The van der Waals surface area contributed by atoms with Crippen molar-refractivity contribution in [2.75, 3.05) is 14.7 Å². The minimum absolute atomic E-state index is 0.323. The standard InChI is InChI=1S/C71H51N9/c1-71(2)64-21-13-12-20-58(64)60-43-62-63(44-65(60)71)69(79(67-46-73-37-40-76-67)55-30-24-52(25-31-55)49-16-8-4-9-17-49)59-35-34-57(78(66-45-72-36-39-75-66)54-28-22-51(23-29-54)48-14-6-3-7-15-48)42-61(59)70(62)80(68-47-74-38-41-77-68)56-32-26-53(27-33-56)50-18-10-5-11-19-50/h3-47H,1-2H3. The second-order valence-electron chi connectivity index (χ2n) is 20.5. The summed E-state index contributed by atoms with van der Waals surface area (Å²) in [6.07, 6.45) is 16.0. The minimum Gasteiger partial charge on any atom is -0.294 e. The Morgan fingerprint density at radius 2 is 0.662 bits per heavy atom. The van der Waals surface area contributed by atoms with Crippen LogP contribution in [0.25, 0.3) is 66.1 Å². The fourth-order valence-corrected chi connectivity index (χ4v) is 11.7. The molecule has 0 N–H and O–H groups in total. The summed E-state index contributed by atoms with van der Waals surface area (Å²) in [5.74, 6) is 2.00. The largest absolute Gasteiger partial charge is 0.294 e. The van der Waals surface area contributed by atoms with Crippen LogP contribution in [-0.4, -0.2) is 29.9 Å². The Balaban J connectivity index is 1.11. The zero-order valence-corrected chi connectivity index (χ0v) is 44.0. The van der Waals surface area contributed by atoms with E-state index in [0.717, 1.165) is 89.0 Å². The molecule has 13 aromatic rings. The Kier molecular flexibility index (Phi) is 12.0. The molecule has 0 atom stereocenters. The highest BCUT2D eigenvalue weighted by Crippen LogP contribution is 2.57. The first kappa shape index (κ1) is 47.8. The molecule has 14 rings (SSSR count). The maximum absolute atomic E-state index is 5.14. The Morgan fingerprint density at radius 3 is 1.12 bits per heavy atom. The molecule has 380 valence electrons. The van der Waals surface area contributed by atoms with Crippen molar-refractivity contribution in [1.82, 2.24) is 29.9 Å². The van der Waals surface area contributed by atoms with Gasteiger partial charge in [-0.05, 0) is 116 Å². The third-order valence-electron chi connectivity index (χ3n) is 15.5. The van der Waals surface area contributed by atoms with E-state index in [2.05, 4.69) is 246 Å². The number of benzene rings is 10. The molecule has 0 saturated carbocycles. The molecule has 10 aromatic carbocycles. The van der Waals surface area contributed by atoms with Crippen molar-refractivity contribution in [3.63, 3.8) is 0 Å². The van der Waals surface area contributed by atoms with Crippen molar-refractivity contribution in [2.24, 2.45) is 0 Å². The van der Waals surface area contributed by atoms with E-state index in [1.165, 1.54) is 22.3 Å². The maximum atomic E-state index is 5.14. The van der Waals surface area contributed by atoms with Gasteiger partial charge in [-0.3, -0.25) is 29.7 Å². The molecule has 1 aliphatic carbocycles. The monoisotopic (exact) mass is 1030 g/mol. The molecule has 0 saturated heterocycles. The molecule has 1 aliphatic rings. The van der Waals surface area contributed by atoms with Crippen molar-refractivity contribution in [3.8, 4) is 44.5 Å². The van der Waals surface area contributed by atoms with E-state index in [9.17, 15) is 0 Å². The van der Waals surface area contributed by atoms with E-state index >= 15 is 0 Å². The highest BCUT2D eigenvalue weighted by Gasteiger charge is 2.37. The van der Waals surface area contributed by atoms with Gasteiger partial charge >= 0.3 is 0 Å². The van der Waals surface area contributed by atoms with Crippen molar-refractivity contribution in [3.05, 3.63) is 285 Å². The molecule has 3 heterocycles. The van der Waals surface area contributed by atoms with Crippen LogP contribution in [0.1, 0.15) is 25.0 Å². The van der Waals surface area contributed by atoms with Gasteiger partial charge in [0.05, 0.1) is 30.0 Å². The topological polar surface area (TPSA) is 87.1 Å². The lowest BCUT2D eigenvalue weighted by Crippen LogP contribution is -2.18. The highest BCUT2D eigenvalue weighted by atomic mass is 15.2. The van der Waals surface area contributed by atoms with Gasteiger partial charge in [-0.15, -0.1) is 0 Å². The quantitative estimate of drug-likeness (QED) is 0.0877. The second-order valence-corrected chi connectivity index (χ2v) is 20.5. The zero-order chi connectivity index (χ0) is 53.6. The van der Waals surface area contributed by atoms with Gasteiger partial charge in [-0.2, -0.15) is 0 Å². The lowest BCUT2D eigenvalue weighted by molar-refractivity contribution is 0.661. The van der Waals surface area contributed by atoms with Crippen molar-refractivity contribution in [1.29, 1.82) is 0 Å². The average molecular weight is 1030 g/mol. The average Bonchev–Trinajstić information content (AvgIpc) is 3.44. The molecule has 9 heteroatoms. The van der Waals surface area contributed by atoms with Gasteiger partial charge in [-0.25, -0.2) is 15.0 Å². The fraction of sp³-hybridized carbons (Fsp3) is 0.0423. The van der Waals surface area contributed by atoms with E-state index in [1.807, 2.05) is 24.7 Å². The molecule has 0 bridgehead atoms. The summed E-state index contributed by atoms with van der Waals surface area (Å²) in [5, 5.41) is 3.94. The van der Waals surface area contributed by atoms with Crippen molar-refractivity contribution < 1.29 is 0 Å². The van der Waals surface area contributed by atoms with Crippen LogP contribution < -0.4 is 14.7 Å². The molecule has 0 aliphatic heterocycles. The minimum atomic E-state index is -0.323. The Morgan fingerprint density at radius 1 is 0.287 bits per heavy atom. The van der Waals surface area contributed by atoms with Gasteiger partial charge in [0, 0.05) is 86.9 Å². The number of fused-ring (bicyclic) bond motifs is 5. The van der Waals surface area contributed by atoms with Crippen LogP contribution in [0, 0.1) is 0 Å².